The summed E-state index contributed by atoms with van der Waals surface area (Å²) in [5, 5.41) is 3.30. The van der Waals surface area contributed by atoms with Gasteiger partial charge < -0.3 is 10.1 Å². The fourth-order valence-corrected chi connectivity index (χ4v) is 2.29. The lowest BCUT2D eigenvalue weighted by Gasteiger charge is -2.11. The van der Waals surface area contributed by atoms with Gasteiger partial charge in [0.2, 0.25) is 0 Å². The van der Waals surface area contributed by atoms with Gasteiger partial charge in [-0.25, -0.2) is 0 Å². The highest BCUT2D eigenvalue weighted by Crippen LogP contribution is 2.17. The molecule has 3 nitrogen and oxygen atoms in total. The Morgan fingerprint density at radius 2 is 2.29 bits per heavy atom. The van der Waals surface area contributed by atoms with Gasteiger partial charge in [0.25, 0.3) is 0 Å². The molecule has 1 saturated heterocycles. The maximum atomic E-state index is 11.1. The maximum absolute atomic E-state index is 11.1. The molecule has 1 heterocycles. The van der Waals surface area contributed by atoms with Crippen molar-refractivity contribution in [3.05, 3.63) is 0 Å². The third-order valence-corrected chi connectivity index (χ3v) is 3.82. The SMILES string of the molecule is CCS(=O)CCNCC1CCC(C)O1. The lowest BCUT2D eigenvalue weighted by atomic mass is 10.2. The summed E-state index contributed by atoms with van der Waals surface area (Å²) in [4.78, 5) is 0. The number of rotatable bonds is 6. The van der Waals surface area contributed by atoms with Gasteiger partial charge in [-0.1, -0.05) is 6.92 Å². The van der Waals surface area contributed by atoms with Crippen LogP contribution in [0.2, 0.25) is 0 Å². The van der Waals surface area contributed by atoms with Crippen LogP contribution < -0.4 is 5.32 Å². The molecule has 3 atom stereocenters. The molecule has 0 aromatic carbocycles. The molecule has 84 valence electrons. The summed E-state index contributed by atoms with van der Waals surface area (Å²) in [6.45, 7) is 5.82. The van der Waals surface area contributed by atoms with Gasteiger partial charge in [0.15, 0.2) is 0 Å². The van der Waals surface area contributed by atoms with Crippen molar-refractivity contribution < 1.29 is 8.95 Å². The first kappa shape index (κ1) is 12.1. The van der Waals surface area contributed by atoms with Crippen molar-refractivity contribution in [1.29, 1.82) is 0 Å². The van der Waals surface area contributed by atoms with E-state index in [2.05, 4.69) is 12.2 Å². The fraction of sp³-hybridized carbons (Fsp3) is 1.00. The zero-order valence-corrected chi connectivity index (χ0v) is 9.94. The van der Waals surface area contributed by atoms with Crippen molar-refractivity contribution in [2.75, 3.05) is 24.6 Å². The van der Waals surface area contributed by atoms with Gasteiger partial charge in [0.1, 0.15) is 0 Å². The van der Waals surface area contributed by atoms with Crippen molar-refractivity contribution in [3.63, 3.8) is 0 Å². The standard InChI is InChI=1S/C10H21NO2S/c1-3-14(12)7-6-11-8-10-5-4-9(2)13-10/h9-11H,3-8H2,1-2H3. The lowest BCUT2D eigenvalue weighted by molar-refractivity contribution is 0.0564. The van der Waals surface area contributed by atoms with Crippen molar-refractivity contribution in [2.24, 2.45) is 0 Å². The molecule has 0 radical (unpaired) electrons. The molecular formula is C10H21NO2S. The molecule has 14 heavy (non-hydrogen) atoms. The van der Waals surface area contributed by atoms with Gasteiger partial charge in [-0.15, -0.1) is 0 Å². The van der Waals surface area contributed by atoms with Gasteiger partial charge in [0, 0.05) is 35.4 Å². The van der Waals surface area contributed by atoms with E-state index < -0.39 is 10.8 Å². The summed E-state index contributed by atoms with van der Waals surface area (Å²) < 4.78 is 16.8. The predicted molar refractivity (Wildman–Crippen MR) is 60.0 cm³/mol. The molecule has 0 saturated carbocycles. The van der Waals surface area contributed by atoms with Crippen LogP contribution in [0.25, 0.3) is 0 Å². The third-order valence-electron chi connectivity index (χ3n) is 2.52. The minimum absolute atomic E-state index is 0.375. The largest absolute Gasteiger partial charge is 0.374 e. The summed E-state index contributed by atoms with van der Waals surface area (Å²) >= 11 is 0. The molecule has 1 aliphatic rings. The van der Waals surface area contributed by atoms with E-state index in [0.717, 1.165) is 31.0 Å². The number of hydrogen-bond acceptors (Lipinski definition) is 3. The molecule has 3 unspecified atom stereocenters. The van der Waals surface area contributed by atoms with Crippen LogP contribution in [0.3, 0.4) is 0 Å². The fourth-order valence-electron chi connectivity index (χ4n) is 1.63. The molecule has 0 amide bonds. The number of ether oxygens (including phenoxy) is 1. The zero-order valence-electron chi connectivity index (χ0n) is 9.12. The molecule has 0 aromatic heterocycles. The zero-order chi connectivity index (χ0) is 10.4. The second kappa shape index (κ2) is 6.53. The Morgan fingerprint density at radius 3 is 2.86 bits per heavy atom. The van der Waals surface area contributed by atoms with E-state index in [-0.39, 0.29) is 0 Å². The molecule has 1 N–H and O–H groups in total. The van der Waals surface area contributed by atoms with Gasteiger partial charge in [0.05, 0.1) is 12.2 Å². The highest BCUT2D eigenvalue weighted by molar-refractivity contribution is 7.84. The molecule has 0 bridgehead atoms. The number of hydrogen-bond donors (Lipinski definition) is 1. The predicted octanol–water partition coefficient (Wildman–Crippen LogP) is 0.912. The Labute approximate surface area is 89.1 Å². The Bertz CT molecular complexity index is 187. The van der Waals surface area contributed by atoms with Gasteiger partial charge >= 0.3 is 0 Å². The maximum Gasteiger partial charge on any atom is 0.0704 e. The monoisotopic (exact) mass is 219 g/mol. The Kier molecular flexibility index (Phi) is 5.67. The summed E-state index contributed by atoms with van der Waals surface area (Å²) in [5.41, 5.74) is 0. The van der Waals surface area contributed by atoms with Crippen LogP contribution in [0.15, 0.2) is 0 Å². The first-order chi connectivity index (χ1) is 6.72. The first-order valence-corrected chi connectivity index (χ1v) is 6.92. The summed E-state index contributed by atoms with van der Waals surface area (Å²) in [6, 6.07) is 0. The quantitative estimate of drug-likeness (QED) is 0.675. The second-order valence-electron chi connectivity index (χ2n) is 3.78. The second-order valence-corrected chi connectivity index (χ2v) is 5.65. The minimum Gasteiger partial charge on any atom is -0.374 e. The van der Waals surface area contributed by atoms with E-state index in [1.807, 2.05) is 6.92 Å². The average molecular weight is 219 g/mol. The van der Waals surface area contributed by atoms with E-state index in [9.17, 15) is 4.21 Å². The van der Waals surface area contributed by atoms with Crippen LogP contribution in [0, 0.1) is 0 Å². The highest BCUT2D eigenvalue weighted by Gasteiger charge is 2.20. The van der Waals surface area contributed by atoms with Gasteiger partial charge in [-0.3, -0.25) is 4.21 Å². The van der Waals surface area contributed by atoms with Crippen LogP contribution >= 0.6 is 0 Å². The van der Waals surface area contributed by atoms with E-state index in [1.165, 1.54) is 6.42 Å². The van der Waals surface area contributed by atoms with Crippen LogP contribution in [0.4, 0.5) is 0 Å². The third kappa shape index (κ3) is 4.53. The lowest BCUT2D eigenvalue weighted by Crippen LogP contribution is -2.30. The molecule has 0 spiro atoms. The van der Waals surface area contributed by atoms with Crippen LogP contribution in [-0.2, 0) is 15.5 Å². The van der Waals surface area contributed by atoms with E-state index in [1.54, 1.807) is 0 Å². The van der Waals surface area contributed by atoms with Crippen LogP contribution in [0.5, 0.6) is 0 Å². The minimum atomic E-state index is -0.640. The van der Waals surface area contributed by atoms with Crippen molar-refractivity contribution in [2.45, 2.75) is 38.9 Å². The molecule has 4 heteroatoms. The molecule has 0 aliphatic carbocycles. The van der Waals surface area contributed by atoms with E-state index in [0.29, 0.717) is 12.2 Å². The van der Waals surface area contributed by atoms with Crippen LogP contribution in [0.1, 0.15) is 26.7 Å². The molecular weight excluding hydrogens is 198 g/mol. The Morgan fingerprint density at radius 1 is 1.50 bits per heavy atom. The van der Waals surface area contributed by atoms with Gasteiger partial charge in [-0.05, 0) is 19.8 Å². The molecule has 0 aromatic rings. The van der Waals surface area contributed by atoms with Crippen molar-refractivity contribution >= 4 is 10.8 Å². The molecule has 1 fully saturated rings. The summed E-state index contributed by atoms with van der Waals surface area (Å²) in [6.07, 6.45) is 3.13. The average Bonchev–Trinajstić information content (AvgIpc) is 2.58. The highest BCUT2D eigenvalue weighted by atomic mass is 32.2. The first-order valence-electron chi connectivity index (χ1n) is 5.43. The number of nitrogens with one attached hydrogen (secondary N) is 1. The van der Waals surface area contributed by atoms with Gasteiger partial charge in [-0.2, -0.15) is 0 Å². The van der Waals surface area contributed by atoms with Crippen LogP contribution in [-0.4, -0.2) is 41.0 Å². The summed E-state index contributed by atoms with van der Waals surface area (Å²) in [5.74, 6) is 1.53. The topological polar surface area (TPSA) is 38.3 Å². The smallest absolute Gasteiger partial charge is 0.0704 e. The normalized spacial score (nSPS) is 29.3. The van der Waals surface area contributed by atoms with E-state index >= 15 is 0 Å². The Balaban J connectivity index is 1.96. The molecule has 1 rings (SSSR count). The van der Waals surface area contributed by atoms with Crippen molar-refractivity contribution in [3.8, 4) is 0 Å². The summed E-state index contributed by atoms with van der Waals surface area (Å²) in [7, 11) is -0.640. The molecule has 1 aliphatic heterocycles. The van der Waals surface area contributed by atoms with E-state index in [4.69, 9.17) is 4.74 Å². The Hall–Kier alpha value is 0.0700. The van der Waals surface area contributed by atoms with Crippen molar-refractivity contribution in [1.82, 2.24) is 5.32 Å².